The molecule has 0 N–H and O–H groups in total. The number of urea groups is 1. The molecular formula is C27H32F2N5O3+. The van der Waals surface area contributed by atoms with Crippen molar-refractivity contribution in [3.63, 3.8) is 0 Å². The van der Waals surface area contributed by atoms with Crippen molar-refractivity contribution >= 4 is 17.8 Å². The van der Waals surface area contributed by atoms with Crippen molar-refractivity contribution in [1.29, 1.82) is 0 Å². The Bertz CT molecular complexity index is 1260. The molecule has 0 bridgehead atoms. The quantitative estimate of drug-likeness (QED) is 0.521. The molecule has 4 rings (SSSR count). The monoisotopic (exact) mass is 512 g/mol. The van der Waals surface area contributed by atoms with Crippen LogP contribution in [0.5, 0.6) is 5.88 Å². The molecule has 4 heterocycles. The van der Waals surface area contributed by atoms with Gasteiger partial charge < -0.3 is 14.5 Å². The van der Waals surface area contributed by atoms with Gasteiger partial charge in [0.25, 0.3) is 5.91 Å². The molecule has 2 aliphatic rings. The van der Waals surface area contributed by atoms with E-state index < -0.39 is 18.6 Å². The summed E-state index contributed by atoms with van der Waals surface area (Å²) in [7, 11) is 0. The maximum Gasteiger partial charge on any atom is 0.504 e. The van der Waals surface area contributed by atoms with E-state index in [4.69, 9.17) is 4.74 Å². The number of anilines is 1. The summed E-state index contributed by atoms with van der Waals surface area (Å²) in [4.78, 5) is 40.2. The van der Waals surface area contributed by atoms with Crippen LogP contribution in [0, 0.1) is 13.1 Å². The molecule has 0 saturated carbocycles. The van der Waals surface area contributed by atoms with Crippen LogP contribution in [-0.2, 0) is 6.54 Å². The van der Waals surface area contributed by atoms with Crippen LogP contribution in [-0.4, -0.2) is 57.9 Å². The van der Waals surface area contributed by atoms with E-state index in [0.29, 0.717) is 41.2 Å². The molecule has 1 unspecified atom stereocenters. The minimum Gasteiger partial charge on any atom is -0.424 e. The van der Waals surface area contributed by atoms with Crippen molar-refractivity contribution in [2.24, 2.45) is 0 Å². The summed E-state index contributed by atoms with van der Waals surface area (Å²) in [5, 5.41) is 0. The Kier molecular flexibility index (Phi) is 6.61. The number of amides is 3. The number of carbonyl (C=O) groups is 2. The average Bonchev–Trinajstić information content (AvgIpc) is 3.37. The number of alkyl halides is 2. The average molecular weight is 513 g/mol. The van der Waals surface area contributed by atoms with Crippen LogP contribution < -0.4 is 14.6 Å². The lowest BCUT2D eigenvalue weighted by Crippen LogP contribution is -2.44. The van der Waals surface area contributed by atoms with Gasteiger partial charge in [-0.05, 0) is 59.2 Å². The van der Waals surface area contributed by atoms with Crippen LogP contribution in [0.1, 0.15) is 67.7 Å². The molecule has 196 valence electrons. The fraction of sp³-hybridized carbons (Fsp3) is 0.481. The zero-order valence-corrected chi connectivity index (χ0v) is 22.1. The molecule has 0 radical (unpaired) electrons. The molecule has 0 aliphatic carbocycles. The third-order valence-corrected chi connectivity index (χ3v) is 6.86. The van der Waals surface area contributed by atoms with Crippen LogP contribution in [0.4, 0.5) is 19.4 Å². The second-order valence-electron chi connectivity index (χ2n) is 10.6. The number of carbonyl (C=O) groups excluding carboxylic acids is 2. The zero-order valence-electron chi connectivity index (χ0n) is 22.1. The van der Waals surface area contributed by atoms with Gasteiger partial charge in [-0.1, -0.05) is 6.58 Å². The number of aryl methyl sites for hydroxylation is 1. The normalized spacial score (nSPS) is 16.7. The van der Waals surface area contributed by atoms with Gasteiger partial charge in [-0.15, -0.1) is 0 Å². The van der Waals surface area contributed by atoms with Crippen molar-refractivity contribution in [2.75, 3.05) is 24.6 Å². The molecule has 0 spiro atoms. The highest BCUT2D eigenvalue weighted by Gasteiger charge is 2.41. The topological polar surface area (TPSA) is 80.1 Å². The van der Waals surface area contributed by atoms with Crippen molar-refractivity contribution < 1.29 is 28.1 Å². The summed E-state index contributed by atoms with van der Waals surface area (Å²) in [5.41, 5.74) is 1.76. The molecule has 1 atom stereocenters. The van der Waals surface area contributed by atoms with Crippen LogP contribution in [0.2, 0.25) is 0 Å². The summed E-state index contributed by atoms with van der Waals surface area (Å²) < 4.78 is 32.9. The number of nitrogens with zero attached hydrogens (tertiary/aromatic N) is 5. The molecule has 10 heteroatoms. The molecule has 0 aromatic carbocycles. The smallest absolute Gasteiger partial charge is 0.424 e. The van der Waals surface area contributed by atoms with E-state index in [-0.39, 0.29) is 35.5 Å². The number of ether oxygens (including phenoxy) is 1. The molecule has 2 aromatic heterocycles. The standard InChI is InChI=1S/C27H32F2N5O3/c1-16(2)27(28,29)15-37-23-17(3)12-19(13-31-23)18(4)33-14-21-20(24(33)35)8-9-30-22(21)32-10-11-34(25(32)36)26(5,6)7/h8-9,12,18H,1,10-11,14-15H2,2-7H3/q+1. The van der Waals surface area contributed by atoms with Gasteiger partial charge in [0, 0.05) is 40.9 Å². The summed E-state index contributed by atoms with van der Waals surface area (Å²) in [6.07, 6.45) is 4.40. The number of pyridine rings is 1. The van der Waals surface area contributed by atoms with E-state index in [1.807, 2.05) is 27.7 Å². The van der Waals surface area contributed by atoms with Crippen molar-refractivity contribution in [2.45, 2.75) is 65.6 Å². The zero-order chi connectivity index (χ0) is 27.3. The third kappa shape index (κ3) is 4.82. The van der Waals surface area contributed by atoms with Crippen LogP contribution in [0.3, 0.4) is 0 Å². The number of aromatic nitrogens is 2. The fourth-order valence-corrected chi connectivity index (χ4v) is 4.48. The van der Waals surface area contributed by atoms with Crippen LogP contribution in [0.15, 0.2) is 30.5 Å². The maximum atomic E-state index is 13.9. The Labute approximate surface area is 215 Å². The molecular weight excluding hydrogens is 480 g/mol. The van der Waals surface area contributed by atoms with E-state index >= 15 is 0 Å². The van der Waals surface area contributed by atoms with E-state index in [0.717, 1.165) is 0 Å². The summed E-state index contributed by atoms with van der Waals surface area (Å²) in [6, 6.07) is 2.85. The number of rotatable bonds is 7. The number of hydrogen-bond donors (Lipinski definition) is 0. The van der Waals surface area contributed by atoms with Crippen molar-refractivity contribution in [3.8, 4) is 5.88 Å². The van der Waals surface area contributed by atoms with Gasteiger partial charge in [0.2, 0.25) is 0 Å². The Morgan fingerprint density at radius 1 is 1.30 bits per heavy atom. The Morgan fingerprint density at radius 2 is 2.00 bits per heavy atom. The van der Waals surface area contributed by atoms with Gasteiger partial charge in [-0.25, -0.2) is 9.78 Å². The van der Waals surface area contributed by atoms with E-state index in [1.54, 1.807) is 40.0 Å². The molecule has 1 fully saturated rings. The Hall–Kier alpha value is -3.74. The lowest BCUT2D eigenvalue weighted by atomic mass is 10.1. The van der Waals surface area contributed by atoms with Gasteiger partial charge >= 0.3 is 24.0 Å². The lowest BCUT2D eigenvalue weighted by Gasteiger charge is -2.31. The highest BCUT2D eigenvalue weighted by molar-refractivity contribution is 6.02. The first-order chi connectivity index (χ1) is 17.2. The molecule has 37 heavy (non-hydrogen) atoms. The van der Waals surface area contributed by atoms with Gasteiger partial charge in [0.1, 0.15) is 11.4 Å². The first-order valence-electron chi connectivity index (χ1n) is 12.2. The second-order valence-corrected chi connectivity index (χ2v) is 10.6. The fourth-order valence-electron chi connectivity index (χ4n) is 4.48. The van der Waals surface area contributed by atoms with Gasteiger partial charge in [0.15, 0.2) is 6.61 Å². The molecule has 1 saturated heterocycles. The van der Waals surface area contributed by atoms with E-state index in [9.17, 15) is 18.4 Å². The van der Waals surface area contributed by atoms with Gasteiger partial charge in [0.05, 0.1) is 18.2 Å². The van der Waals surface area contributed by atoms with Crippen molar-refractivity contribution in [3.05, 3.63) is 58.9 Å². The number of hydrogen-bond acceptors (Lipinski definition) is 4. The first kappa shape index (κ1) is 26.3. The number of halogens is 2. The number of fused-ring (bicyclic) bond motifs is 1. The minimum absolute atomic E-state index is 0.0512. The van der Waals surface area contributed by atoms with Crippen LogP contribution >= 0.6 is 0 Å². The summed E-state index contributed by atoms with van der Waals surface area (Å²) in [6.45, 7) is 14.5. The first-order valence-corrected chi connectivity index (χ1v) is 12.2. The predicted octanol–water partition coefficient (Wildman–Crippen LogP) is 4.14. The summed E-state index contributed by atoms with van der Waals surface area (Å²) in [5.74, 6) is -2.80. The highest BCUT2D eigenvalue weighted by Crippen LogP contribution is 2.37. The molecule has 8 nitrogen and oxygen atoms in total. The van der Waals surface area contributed by atoms with E-state index in [1.165, 1.54) is 6.92 Å². The predicted molar refractivity (Wildman–Crippen MR) is 133 cm³/mol. The van der Waals surface area contributed by atoms with Crippen molar-refractivity contribution in [1.82, 2.24) is 14.8 Å². The van der Waals surface area contributed by atoms with Crippen LogP contribution in [0.25, 0.3) is 0 Å². The SMILES string of the molecule is C=C(C)C(F)(F)COc1[n+]#cc(C(C)N2Cc3c(ccnc3N3CCN(C(C)(C)C)C3=O)C2=O)cc1C. The Balaban J connectivity index is 1.53. The third-order valence-electron chi connectivity index (χ3n) is 6.86. The minimum atomic E-state index is -3.17. The van der Waals surface area contributed by atoms with Gasteiger partial charge in [-0.3, -0.25) is 9.69 Å². The summed E-state index contributed by atoms with van der Waals surface area (Å²) >= 11 is 0. The lowest BCUT2D eigenvalue weighted by molar-refractivity contribution is -0.320. The Morgan fingerprint density at radius 3 is 2.59 bits per heavy atom. The molecule has 3 amide bonds. The molecule has 2 aliphatic heterocycles. The molecule has 2 aromatic rings. The largest absolute Gasteiger partial charge is 0.504 e. The maximum absolute atomic E-state index is 13.9. The second kappa shape index (κ2) is 9.29. The van der Waals surface area contributed by atoms with E-state index in [2.05, 4.69) is 22.7 Å². The van der Waals surface area contributed by atoms with Gasteiger partial charge in [-0.2, -0.15) is 8.78 Å². The highest BCUT2D eigenvalue weighted by atomic mass is 19.3.